The number of benzene rings is 1. The minimum absolute atomic E-state index is 0.178. The van der Waals surface area contributed by atoms with E-state index in [2.05, 4.69) is 20.5 Å². The van der Waals surface area contributed by atoms with E-state index in [9.17, 15) is 4.79 Å². The van der Waals surface area contributed by atoms with Crippen LogP contribution in [0.5, 0.6) is 0 Å². The maximum atomic E-state index is 11.9. The zero-order chi connectivity index (χ0) is 13.0. The molecule has 0 atom stereocenters. The molecule has 0 fully saturated rings. The molecular weight excluding hydrogens is 252 g/mol. The quantitative estimate of drug-likeness (QED) is 0.884. The standard InChI is InChI=1S/C12H13ClN4O/c1-8-3-2-4-9(11(8)13)12(18)14-6-5-10-15-7-16-17-10/h2-4,7H,5-6H2,1H3,(H,14,18)(H,15,16,17). The van der Waals surface area contributed by atoms with E-state index in [0.29, 0.717) is 23.6 Å². The van der Waals surface area contributed by atoms with Crippen LogP contribution in [0.1, 0.15) is 21.7 Å². The van der Waals surface area contributed by atoms with Gasteiger partial charge in [-0.1, -0.05) is 23.7 Å². The van der Waals surface area contributed by atoms with Gasteiger partial charge >= 0.3 is 0 Å². The van der Waals surface area contributed by atoms with Gasteiger partial charge in [0.15, 0.2) is 0 Å². The minimum atomic E-state index is -0.178. The van der Waals surface area contributed by atoms with Crippen LogP contribution in [0, 0.1) is 6.92 Å². The van der Waals surface area contributed by atoms with Gasteiger partial charge in [-0.3, -0.25) is 9.89 Å². The second-order valence-corrected chi connectivity index (χ2v) is 4.25. The molecular formula is C12H13ClN4O. The smallest absolute Gasteiger partial charge is 0.252 e. The van der Waals surface area contributed by atoms with Gasteiger partial charge in [-0.2, -0.15) is 5.10 Å². The second kappa shape index (κ2) is 5.64. The molecule has 94 valence electrons. The first-order chi connectivity index (χ1) is 8.68. The van der Waals surface area contributed by atoms with E-state index < -0.39 is 0 Å². The zero-order valence-corrected chi connectivity index (χ0v) is 10.7. The Balaban J connectivity index is 1.93. The molecule has 1 aromatic carbocycles. The number of rotatable bonds is 4. The summed E-state index contributed by atoms with van der Waals surface area (Å²) in [5.74, 6) is 0.564. The largest absolute Gasteiger partial charge is 0.352 e. The maximum Gasteiger partial charge on any atom is 0.252 e. The Morgan fingerprint density at radius 1 is 1.50 bits per heavy atom. The Labute approximate surface area is 110 Å². The Bertz CT molecular complexity index is 539. The highest BCUT2D eigenvalue weighted by Crippen LogP contribution is 2.19. The normalized spacial score (nSPS) is 10.3. The molecule has 2 rings (SSSR count). The van der Waals surface area contributed by atoms with Crippen LogP contribution in [0.2, 0.25) is 5.02 Å². The molecule has 6 heteroatoms. The number of aromatic nitrogens is 3. The number of hydrogen-bond donors (Lipinski definition) is 2. The van der Waals surface area contributed by atoms with Crippen molar-refractivity contribution in [3.05, 3.63) is 46.5 Å². The van der Waals surface area contributed by atoms with Gasteiger partial charge in [-0.25, -0.2) is 4.98 Å². The molecule has 0 spiro atoms. The molecule has 1 amide bonds. The lowest BCUT2D eigenvalue weighted by Gasteiger charge is -2.07. The van der Waals surface area contributed by atoms with Gasteiger partial charge in [0.25, 0.3) is 5.91 Å². The second-order valence-electron chi connectivity index (χ2n) is 3.87. The van der Waals surface area contributed by atoms with Crippen molar-refractivity contribution in [2.75, 3.05) is 6.54 Å². The number of hydrogen-bond acceptors (Lipinski definition) is 3. The predicted molar refractivity (Wildman–Crippen MR) is 68.6 cm³/mol. The van der Waals surface area contributed by atoms with E-state index in [1.54, 1.807) is 6.07 Å². The number of aromatic amines is 1. The van der Waals surface area contributed by atoms with Crippen LogP contribution >= 0.6 is 11.6 Å². The zero-order valence-electron chi connectivity index (χ0n) is 9.90. The summed E-state index contributed by atoms with van der Waals surface area (Å²) in [6.45, 7) is 2.35. The number of H-pyrrole nitrogens is 1. The Hall–Kier alpha value is -1.88. The lowest BCUT2D eigenvalue weighted by Crippen LogP contribution is -2.26. The Morgan fingerprint density at radius 2 is 2.33 bits per heavy atom. The topological polar surface area (TPSA) is 70.7 Å². The van der Waals surface area contributed by atoms with E-state index >= 15 is 0 Å². The van der Waals surface area contributed by atoms with Crippen molar-refractivity contribution in [1.29, 1.82) is 0 Å². The number of amides is 1. The van der Waals surface area contributed by atoms with Crippen molar-refractivity contribution in [1.82, 2.24) is 20.5 Å². The van der Waals surface area contributed by atoms with E-state index in [1.165, 1.54) is 6.33 Å². The third kappa shape index (κ3) is 2.87. The first-order valence-electron chi connectivity index (χ1n) is 5.56. The molecule has 0 saturated carbocycles. The van der Waals surface area contributed by atoms with Gasteiger partial charge in [-0.15, -0.1) is 0 Å². The van der Waals surface area contributed by atoms with Crippen molar-refractivity contribution >= 4 is 17.5 Å². The molecule has 2 aromatic rings. The molecule has 0 saturated heterocycles. The number of aryl methyl sites for hydroxylation is 1. The SMILES string of the molecule is Cc1cccc(C(=O)NCCc2ncn[nH]2)c1Cl. The van der Waals surface area contributed by atoms with Gasteiger partial charge in [0, 0.05) is 13.0 Å². The van der Waals surface area contributed by atoms with Crippen LogP contribution in [0.3, 0.4) is 0 Å². The minimum Gasteiger partial charge on any atom is -0.352 e. The molecule has 18 heavy (non-hydrogen) atoms. The molecule has 0 aliphatic heterocycles. The third-order valence-corrected chi connectivity index (χ3v) is 3.05. The third-order valence-electron chi connectivity index (χ3n) is 2.55. The molecule has 1 aromatic heterocycles. The molecule has 0 bridgehead atoms. The van der Waals surface area contributed by atoms with Crippen LogP contribution in [-0.4, -0.2) is 27.6 Å². The lowest BCUT2D eigenvalue weighted by molar-refractivity contribution is 0.0954. The summed E-state index contributed by atoms with van der Waals surface area (Å²) in [7, 11) is 0. The van der Waals surface area contributed by atoms with Gasteiger partial charge in [0.05, 0.1) is 10.6 Å². The van der Waals surface area contributed by atoms with Crippen LogP contribution in [0.15, 0.2) is 24.5 Å². The first kappa shape index (κ1) is 12.6. The molecule has 2 N–H and O–H groups in total. The van der Waals surface area contributed by atoms with Crippen LogP contribution in [-0.2, 0) is 6.42 Å². The predicted octanol–water partition coefficient (Wildman–Crippen LogP) is 1.74. The van der Waals surface area contributed by atoms with Crippen molar-refractivity contribution in [3.8, 4) is 0 Å². The number of nitrogens with zero attached hydrogens (tertiary/aromatic N) is 2. The Morgan fingerprint density at radius 3 is 3.06 bits per heavy atom. The Kier molecular flexibility index (Phi) is 3.94. The summed E-state index contributed by atoms with van der Waals surface area (Å²) in [4.78, 5) is 15.9. The highest BCUT2D eigenvalue weighted by atomic mass is 35.5. The van der Waals surface area contributed by atoms with Crippen molar-refractivity contribution < 1.29 is 4.79 Å². The highest BCUT2D eigenvalue weighted by Gasteiger charge is 2.11. The van der Waals surface area contributed by atoms with Crippen molar-refractivity contribution in [2.24, 2.45) is 0 Å². The number of halogens is 1. The molecule has 0 aliphatic rings. The molecule has 0 radical (unpaired) electrons. The molecule has 0 unspecified atom stereocenters. The van der Waals surface area contributed by atoms with Crippen LogP contribution in [0.4, 0.5) is 0 Å². The maximum absolute atomic E-state index is 11.9. The monoisotopic (exact) mass is 264 g/mol. The summed E-state index contributed by atoms with van der Waals surface area (Å²) in [5.41, 5.74) is 1.38. The van der Waals surface area contributed by atoms with E-state index in [0.717, 1.165) is 11.4 Å². The summed E-state index contributed by atoms with van der Waals surface area (Å²) in [6.07, 6.45) is 2.05. The summed E-state index contributed by atoms with van der Waals surface area (Å²) in [6, 6.07) is 5.39. The van der Waals surface area contributed by atoms with Gasteiger partial charge < -0.3 is 5.32 Å². The van der Waals surface area contributed by atoms with Crippen molar-refractivity contribution in [2.45, 2.75) is 13.3 Å². The fourth-order valence-electron chi connectivity index (χ4n) is 1.56. The highest BCUT2D eigenvalue weighted by molar-refractivity contribution is 6.34. The van der Waals surface area contributed by atoms with E-state index in [1.807, 2.05) is 19.1 Å². The van der Waals surface area contributed by atoms with E-state index in [4.69, 9.17) is 11.6 Å². The summed E-state index contributed by atoms with van der Waals surface area (Å²) < 4.78 is 0. The number of carbonyl (C=O) groups is 1. The number of nitrogens with one attached hydrogen (secondary N) is 2. The summed E-state index contributed by atoms with van der Waals surface area (Å²) >= 11 is 6.08. The fourth-order valence-corrected chi connectivity index (χ4v) is 1.78. The van der Waals surface area contributed by atoms with Crippen LogP contribution < -0.4 is 5.32 Å². The van der Waals surface area contributed by atoms with Gasteiger partial charge in [-0.05, 0) is 18.6 Å². The molecule has 0 aliphatic carbocycles. The van der Waals surface area contributed by atoms with Gasteiger partial charge in [0.1, 0.15) is 12.2 Å². The average molecular weight is 265 g/mol. The molecule has 5 nitrogen and oxygen atoms in total. The van der Waals surface area contributed by atoms with Crippen molar-refractivity contribution in [3.63, 3.8) is 0 Å². The fraction of sp³-hybridized carbons (Fsp3) is 0.250. The van der Waals surface area contributed by atoms with Crippen LogP contribution in [0.25, 0.3) is 0 Å². The summed E-state index contributed by atoms with van der Waals surface area (Å²) in [5, 5.41) is 9.76. The number of carbonyl (C=O) groups excluding carboxylic acids is 1. The average Bonchev–Trinajstić information content (AvgIpc) is 2.85. The lowest BCUT2D eigenvalue weighted by atomic mass is 10.1. The van der Waals surface area contributed by atoms with E-state index in [-0.39, 0.29) is 5.91 Å². The van der Waals surface area contributed by atoms with Gasteiger partial charge in [0.2, 0.25) is 0 Å². The first-order valence-corrected chi connectivity index (χ1v) is 5.94. The molecule has 1 heterocycles.